The molecule has 7 rings (SSSR count). The molecule has 2 amide bonds. The number of hydrogen-bond donors (Lipinski definition) is 4. The topological polar surface area (TPSA) is 191 Å². The quantitative estimate of drug-likeness (QED) is 0.117. The molecule has 1 fully saturated rings. The van der Waals surface area contributed by atoms with Crippen LogP contribution in [0.3, 0.4) is 0 Å². The molecule has 270 valence electrons. The van der Waals surface area contributed by atoms with Crippen LogP contribution >= 0.6 is 0 Å². The highest BCUT2D eigenvalue weighted by atomic mass is 32.2. The molecule has 0 aromatic heterocycles. The van der Waals surface area contributed by atoms with E-state index in [1.54, 1.807) is 54.6 Å². The number of likely N-dealkylation sites (N-methyl/N-ethyl adjacent to an activating group) is 1. The predicted molar refractivity (Wildman–Crippen MR) is 202 cm³/mol. The third-order valence-corrected chi connectivity index (χ3v) is 11.1. The van der Waals surface area contributed by atoms with E-state index in [9.17, 15) is 33.3 Å². The Labute approximate surface area is 306 Å². The van der Waals surface area contributed by atoms with Crippen molar-refractivity contribution in [3.63, 3.8) is 0 Å². The van der Waals surface area contributed by atoms with E-state index in [-0.39, 0.29) is 49.1 Å². The third-order valence-electron chi connectivity index (χ3n) is 9.95. The first-order valence-electron chi connectivity index (χ1n) is 17.3. The summed E-state index contributed by atoms with van der Waals surface area (Å²) in [5.74, 6) is -1.13. The van der Waals surface area contributed by atoms with Crippen LogP contribution in [0.15, 0.2) is 66.2 Å². The number of nitrogens with zero attached hydrogens (tertiary/aromatic N) is 5. The summed E-state index contributed by atoms with van der Waals surface area (Å²) in [6.45, 7) is 5.22. The fourth-order valence-electron chi connectivity index (χ4n) is 7.20. The molecule has 1 saturated heterocycles. The summed E-state index contributed by atoms with van der Waals surface area (Å²) in [7, 11) is -1.77. The molecule has 4 N–H and O–H groups in total. The van der Waals surface area contributed by atoms with Gasteiger partial charge >= 0.3 is 0 Å². The van der Waals surface area contributed by atoms with Gasteiger partial charge in [0.25, 0.3) is 22.0 Å². The lowest BCUT2D eigenvalue weighted by atomic mass is 9.83. The van der Waals surface area contributed by atoms with E-state index >= 15 is 0 Å². The molecule has 4 aromatic rings. The van der Waals surface area contributed by atoms with Crippen molar-refractivity contribution in [2.45, 2.75) is 0 Å². The Morgan fingerprint density at radius 1 is 0.642 bits per heavy atom. The fourth-order valence-corrected chi connectivity index (χ4v) is 8.04. The molecule has 0 spiro atoms. The second-order valence-electron chi connectivity index (χ2n) is 13.1. The SMILES string of the molecule is CN1CCN(CCN2C(=O)c3cccc4c(NCCNS(=O)(=O)NCCNc5ccc6c7c(cccc57)C(=O)C(C#N)=C6C#N)ccc(c34)C2=O)CC1. The van der Waals surface area contributed by atoms with Crippen LogP contribution in [0.5, 0.6) is 0 Å². The Bertz CT molecular complexity index is 2380. The highest BCUT2D eigenvalue weighted by Crippen LogP contribution is 2.39. The number of carbonyl (C=O) groups excluding carboxylic acids is 3. The van der Waals surface area contributed by atoms with Gasteiger partial charge in [0.15, 0.2) is 0 Å². The summed E-state index contributed by atoms with van der Waals surface area (Å²) in [4.78, 5) is 45.8. The second kappa shape index (κ2) is 14.7. The maximum atomic E-state index is 13.5. The number of rotatable bonds is 13. The maximum Gasteiger partial charge on any atom is 0.277 e. The minimum atomic E-state index is -3.85. The molecule has 4 aromatic carbocycles. The smallest absolute Gasteiger partial charge is 0.277 e. The number of imide groups is 1. The monoisotopic (exact) mass is 731 g/mol. The highest BCUT2D eigenvalue weighted by Gasteiger charge is 2.34. The zero-order chi connectivity index (χ0) is 37.3. The van der Waals surface area contributed by atoms with Gasteiger partial charge in [-0.2, -0.15) is 18.9 Å². The number of Topliss-reactive ketones (excluding diaryl/α,β-unsaturated/α-hetero) is 1. The molecule has 0 bridgehead atoms. The van der Waals surface area contributed by atoms with E-state index in [1.807, 2.05) is 18.2 Å². The zero-order valence-electron chi connectivity index (χ0n) is 29.0. The molecule has 2 heterocycles. The third kappa shape index (κ3) is 6.84. The van der Waals surface area contributed by atoms with Crippen molar-refractivity contribution >= 4 is 66.3 Å². The van der Waals surface area contributed by atoms with Gasteiger partial charge in [-0.3, -0.25) is 24.2 Å². The minimum absolute atomic E-state index is 0.0364. The van der Waals surface area contributed by atoms with Gasteiger partial charge < -0.3 is 15.5 Å². The van der Waals surface area contributed by atoms with E-state index in [4.69, 9.17) is 0 Å². The summed E-state index contributed by atoms with van der Waals surface area (Å²) in [6, 6.07) is 21.3. The number of piperazine rings is 1. The van der Waals surface area contributed by atoms with E-state index in [2.05, 4.69) is 36.9 Å². The van der Waals surface area contributed by atoms with E-state index in [1.165, 1.54) is 4.90 Å². The normalized spacial score (nSPS) is 16.3. The first-order valence-corrected chi connectivity index (χ1v) is 18.8. The summed E-state index contributed by atoms with van der Waals surface area (Å²) in [5.41, 5.74) is 2.96. The first-order chi connectivity index (χ1) is 25.6. The van der Waals surface area contributed by atoms with Crippen molar-refractivity contribution < 1.29 is 22.8 Å². The average Bonchev–Trinajstić information content (AvgIpc) is 3.16. The van der Waals surface area contributed by atoms with E-state index < -0.39 is 16.0 Å². The zero-order valence-corrected chi connectivity index (χ0v) is 29.8. The van der Waals surface area contributed by atoms with Crippen LogP contribution in [-0.4, -0.2) is 113 Å². The maximum absolute atomic E-state index is 13.5. The number of carbonyl (C=O) groups is 3. The van der Waals surface area contributed by atoms with E-state index in [0.717, 1.165) is 26.2 Å². The van der Waals surface area contributed by atoms with Crippen LogP contribution in [-0.2, 0) is 10.2 Å². The van der Waals surface area contributed by atoms with E-state index in [0.29, 0.717) is 68.3 Å². The van der Waals surface area contributed by atoms with Gasteiger partial charge in [-0.15, -0.1) is 0 Å². The number of anilines is 2. The van der Waals surface area contributed by atoms with Crippen LogP contribution in [0.4, 0.5) is 11.4 Å². The summed E-state index contributed by atoms with van der Waals surface area (Å²) >= 11 is 0. The van der Waals surface area contributed by atoms with Crippen molar-refractivity contribution in [1.29, 1.82) is 10.5 Å². The molecular formula is C38H37N9O5S. The first kappa shape index (κ1) is 35.7. The Morgan fingerprint density at radius 2 is 1.17 bits per heavy atom. The number of ketones is 1. The van der Waals surface area contributed by atoms with Crippen LogP contribution < -0.4 is 20.1 Å². The second-order valence-corrected chi connectivity index (χ2v) is 14.7. The lowest BCUT2D eigenvalue weighted by molar-refractivity contribution is 0.0577. The van der Waals surface area contributed by atoms with Crippen LogP contribution in [0, 0.1) is 22.7 Å². The molecule has 0 atom stereocenters. The summed E-state index contributed by atoms with van der Waals surface area (Å²) < 4.78 is 30.5. The molecule has 0 saturated carbocycles. The molecule has 15 heteroatoms. The molecule has 1 aliphatic carbocycles. The fraction of sp³-hybridized carbons (Fsp3) is 0.289. The Morgan fingerprint density at radius 3 is 1.75 bits per heavy atom. The van der Waals surface area contributed by atoms with Crippen molar-refractivity contribution in [2.24, 2.45) is 0 Å². The number of nitrogens with one attached hydrogen (secondary N) is 4. The van der Waals surface area contributed by atoms with Gasteiger partial charge in [-0.25, -0.2) is 9.44 Å². The largest absolute Gasteiger partial charge is 0.383 e. The van der Waals surface area contributed by atoms with Crippen molar-refractivity contribution in [3.05, 3.63) is 88.5 Å². The number of hydrogen-bond acceptors (Lipinski definition) is 11. The molecular weight excluding hydrogens is 695 g/mol. The summed E-state index contributed by atoms with van der Waals surface area (Å²) in [5, 5.41) is 28.1. The van der Waals surface area contributed by atoms with Gasteiger partial charge in [-0.05, 0) is 31.3 Å². The molecule has 14 nitrogen and oxygen atoms in total. The molecule has 0 radical (unpaired) electrons. The minimum Gasteiger partial charge on any atom is -0.383 e. The van der Waals surface area contributed by atoms with Crippen molar-refractivity contribution in [3.8, 4) is 12.1 Å². The standard InChI is InChI=1S/C38H37N9O5S/c1-45-16-18-46(19-17-45)20-21-47-37(49)28-7-3-5-26-33(11-9-29(35(26)28)38(47)50)42-13-15-44-53(51,52)43-14-12-41-32-10-8-24-30(22-39)31(23-40)36(48)27-6-2-4-25(32)34(24)27/h2-11,41-44H,12-21H2,1H3. The average molecular weight is 732 g/mol. The Hall–Kier alpha value is -5.68. The van der Waals surface area contributed by atoms with Gasteiger partial charge in [0.05, 0.1) is 5.57 Å². The van der Waals surface area contributed by atoms with Gasteiger partial charge in [0.2, 0.25) is 5.78 Å². The summed E-state index contributed by atoms with van der Waals surface area (Å²) in [6.07, 6.45) is 0. The van der Waals surface area contributed by atoms with Crippen molar-refractivity contribution in [1.82, 2.24) is 24.1 Å². The molecule has 2 aliphatic heterocycles. The Balaban J connectivity index is 0.929. The van der Waals surface area contributed by atoms with Gasteiger partial charge in [0.1, 0.15) is 17.7 Å². The number of benzene rings is 4. The predicted octanol–water partition coefficient (Wildman–Crippen LogP) is 2.78. The van der Waals surface area contributed by atoms with Crippen molar-refractivity contribution in [2.75, 3.05) is 83.1 Å². The number of allylic oxidation sites excluding steroid dienone is 2. The van der Waals surface area contributed by atoms with Crippen LogP contribution in [0.1, 0.15) is 36.6 Å². The number of amides is 2. The van der Waals surface area contributed by atoms with Gasteiger partial charge in [0, 0.05) is 121 Å². The molecule has 3 aliphatic rings. The highest BCUT2D eigenvalue weighted by molar-refractivity contribution is 7.87. The van der Waals surface area contributed by atoms with Gasteiger partial charge in [-0.1, -0.05) is 36.4 Å². The van der Waals surface area contributed by atoms with Crippen LogP contribution in [0.2, 0.25) is 0 Å². The Kier molecular flexibility index (Phi) is 9.94. The lowest BCUT2D eigenvalue weighted by Gasteiger charge is -2.34. The molecule has 53 heavy (non-hydrogen) atoms. The lowest BCUT2D eigenvalue weighted by Crippen LogP contribution is -2.49. The molecule has 0 unspecified atom stereocenters. The van der Waals surface area contributed by atoms with Crippen LogP contribution in [0.25, 0.3) is 27.1 Å². The number of nitriles is 2.